The summed E-state index contributed by atoms with van der Waals surface area (Å²) in [7, 11) is 0. The molecule has 1 atom stereocenters. The van der Waals surface area contributed by atoms with Crippen LogP contribution in [0.2, 0.25) is 0 Å². The van der Waals surface area contributed by atoms with Crippen LogP contribution in [0.5, 0.6) is 0 Å². The van der Waals surface area contributed by atoms with Gasteiger partial charge in [0.2, 0.25) is 17.6 Å². The standard InChI is InChI=1S/C26H31FN6O3/c1-17-10-15-22(36-17)25-29-31-32(30-25)16-23(34)33(21-8-4-5-9-21)24(18-11-13-19(27)14-12-18)26(35)28-20-6-2-3-7-20/h10-15,20-21,24H,2-9,16H2,1H3,(H,28,35). The number of carbonyl (C=O) groups is 2. The second-order valence-electron chi connectivity index (χ2n) is 9.74. The van der Waals surface area contributed by atoms with Crippen LogP contribution in [-0.2, 0) is 16.1 Å². The van der Waals surface area contributed by atoms with E-state index in [-0.39, 0.29) is 42.1 Å². The SMILES string of the molecule is Cc1ccc(-c2nnn(CC(=O)N(C3CCCC3)C(C(=O)NC3CCCC3)c3ccc(F)cc3)n2)o1. The lowest BCUT2D eigenvalue weighted by Gasteiger charge is -2.36. The maximum Gasteiger partial charge on any atom is 0.247 e. The van der Waals surface area contributed by atoms with Crippen LogP contribution in [0.25, 0.3) is 11.6 Å². The largest absolute Gasteiger partial charge is 0.458 e. The number of aryl methyl sites for hydroxylation is 1. The fourth-order valence-electron chi connectivity index (χ4n) is 5.34. The van der Waals surface area contributed by atoms with Crippen LogP contribution in [0.4, 0.5) is 4.39 Å². The van der Waals surface area contributed by atoms with E-state index < -0.39 is 6.04 Å². The molecule has 2 aromatic heterocycles. The molecule has 5 rings (SSSR count). The lowest BCUT2D eigenvalue weighted by Crippen LogP contribution is -2.50. The highest BCUT2D eigenvalue weighted by atomic mass is 19.1. The first-order valence-corrected chi connectivity index (χ1v) is 12.7. The molecule has 3 aromatic rings. The van der Waals surface area contributed by atoms with E-state index in [1.165, 1.54) is 16.9 Å². The molecule has 0 bridgehead atoms. The van der Waals surface area contributed by atoms with Gasteiger partial charge in [-0.2, -0.15) is 4.80 Å². The number of aromatic nitrogens is 4. The van der Waals surface area contributed by atoms with Gasteiger partial charge in [0.1, 0.15) is 24.2 Å². The van der Waals surface area contributed by atoms with Crippen molar-refractivity contribution in [1.82, 2.24) is 30.4 Å². The fraction of sp³-hybridized carbons (Fsp3) is 0.500. The van der Waals surface area contributed by atoms with E-state index in [4.69, 9.17) is 4.42 Å². The molecule has 2 amide bonds. The minimum atomic E-state index is -0.863. The highest BCUT2D eigenvalue weighted by Gasteiger charge is 2.38. The molecule has 2 fully saturated rings. The van der Waals surface area contributed by atoms with Crippen molar-refractivity contribution in [2.24, 2.45) is 0 Å². The summed E-state index contributed by atoms with van der Waals surface area (Å²) in [5, 5.41) is 15.5. The molecule has 9 nitrogen and oxygen atoms in total. The monoisotopic (exact) mass is 494 g/mol. The number of hydrogen-bond acceptors (Lipinski definition) is 6. The zero-order chi connectivity index (χ0) is 25.1. The molecule has 2 aliphatic rings. The van der Waals surface area contributed by atoms with Gasteiger partial charge in [0.15, 0.2) is 5.76 Å². The minimum absolute atomic E-state index is 0.0947. The Labute approximate surface area is 209 Å². The normalized spacial score (nSPS) is 17.4. The number of tetrazole rings is 1. The zero-order valence-electron chi connectivity index (χ0n) is 20.4. The lowest BCUT2D eigenvalue weighted by molar-refractivity contribution is -0.144. The van der Waals surface area contributed by atoms with Gasteiger partial charge in [0, 0.05) is 12.1 Å². The first-order valence-electron chi connectivity index (χ1n) is 12.7. The quantitative estimate of drug-likeness (QED) is 0.508. The van der Waals surface area contributed by atoms with Gasteiger partial charge in [-0.25, -0.2) is 4.39 Å². The lowest BCUT2D eigenvalue weighted by atomic mass is 10.0. The summed E-state index contributed by atoms with van der Waals surface area (Å²) in [5.74, 6) is 0.584. The molecule has 0 radical (unpaired) electrons. The van der Waals surface area contributed by atoms with Gasteiger partial charge in [-0.15, -0.1) is 10.2 Å². The van der Waals surface area contributed by atoms with Crippen molar-refractivity contribution in [3.8, 4) is 11.6 Å². The summed E-state index contributed by atoms with van der Waals surface area (Å²) in [5.41, 5.74) is 0.588. The number of benzene rings is 1. The Hall–Kier alpha value is -3.56. The third kappa shape index (κ3) is 5.32. The molecule has 0 aliphatic heterocycles. The van der Waals surface area contributed by atoms with Gasteiger partial charge in [-0.3, -0.25) is 9.59 Å². The molecule has 2 saturated carbocycles. The van der Waals surface area contributed by atoms with Crippen molar-refractivity contribution in [3.63, 3.8) is 0 Å². The topological polar surface area (TPSA) is 106 Å². The molecule has 2 aliphatic carbocycles. The number of amides is 2. The molecule has 1 aromatic carbocycles. The van der Waals surface area contributed by atoms with Crippen LogP contribution in [0.1, 0.15) is 68.7 Å². The Balaban J connectivity index is 1.43. The van der Waals surface area contributed by atoms with E-state index in [9.17, 15) is 14.0 Å². The Morgan fingerprint density at radius 3 is 2.44 bits per heavy atom. The molecule has 0 saturated heterocycles. The number of halogens is 1. The first kappa shape index (κ1) is 24.1. The van der Waals surface area contributed by atoms with Crippen molar-refractivity contribution in [3.05, 3.63) is 53.5 Å². The maximum absolute atomic E-state index is 13.8. The molecule has 10 heteroatoms. The highest BCUT2D eigenvalue weighted by Crippen LogP contribution is 2.33. The number of nitrogens with zero attached hydrogens (tertiary/aromatic N) is 5. The molecule has 2 heterocycles. The Bertz CT molecular complexity index is 1190. The van der Waals surface area contributed by atoms with E-state index in [2.05, 4.69) is 20.7 Å². The number of hydrogen-bond donors (Lipinski definition) is 1. The van der Waals surface area contributed by atoms with Crippen molar-refractivity contribution in [2.45, 2.75) is 83.0 Å². The second kappa shape index (κ2) is 10.6. The Morgan fingerprint density at radius 1 is 1.08 bits per heavy atom. The molecule has 1 N–H and O–H groups in total. The zero-order valence-corrected chi connectivity index (χ0v) is 20.4. The summed E-state index contributed by atoms with van der Waals surface area (Å²) >= 11 is 0. The van der Waals surface area contributed by atoms with Crippen LogP contribution in [0.3, 0.4) is 0 Å². The fourth-order valence-corrected chi connectivity index (χ4v) is 5.34. The average Bonchev–Trinajstić information content (AvgIpc) is 3.66. The van der Waals surface area contributed by atoms with Crippen molar-refractivity contribution in [1.29, 1.82) is 0 Å². The second-order valence-corrected chi connectivity index (χ2v) is 9.74. The first-order chi connectivity index (χ1) is 17.5. The summed E-state index contributed by atoms with van der Waals surface area (Å²) in [6.07, 6.45) is 7.59. The number of furan rings is 1. The molecule has 190 valence electrons. The molecular weight excluding hydrogens is 463 g/mol. The average molecular weight is 495 g/mol. The van der Waals surface area contributed by atoms with E-state index in [0.29, 0.717) is 11.3 Å². The molecule has 0 spiro atoms. The summed E-state index contributed by atoms with van der Waals surface area (Å²) < 4.78 is 19.3. The van der Waals surface area contributed by atoms with Crippen LogP contribution < -0.4 is 5.32 Å². The number of nitrogens with one attached hydrogen (secondary N) is 1. The predicted molar refractivity (Wildman–Crippen MR) is 129 cm³/mol. The van der Waals surface area contributed by atoms with Gasteiger partial charge in [0.25, 0.3) is 0 Å². The van der Waals surface area contributed by atoms with Gasteiger partial charge >= 0.3 is 0 Å². The summed E-state index contributed by atoms with van der Waals surface area (Å²) in [6.45, 7) is 1.65. The summed E-state index contributed by atoms with van der Waals surface area (Å²) in [4.78, 5) is 30.4. The van der Waals surface area contributed by atoms with Gasteiger partial charge in [0.05, 0.1) is 0 Å². The summed E-state index contributed by atoms with van der Waals surface area (Å²) in [6, 6.07) is 8.54. The third-order valence-electron chi connectivity index (χ3n) is 7.11. The molecular formula is C26H31FN6O3. The predicted octanol–water partition coefficient (Wildman–Crippen LogP) is 3.95. The van der Waals surface area contributed by atoms with Crippen LogP contribution in [0, 0.1) is 12.7 Å². The van der Waals surface area contributed by atoms with Crippen molar-refractivity contribution < 1.29 is 18.4 Å². The minimum Gasteiger partial charge on any atom is -0.458 e. The van der Waals surface area contributed by atoms with Gasteiger partial charge < -0.3 is 14.6 Å². The van der Waals surface area contributed by atoms with E-state index in [0.717, 1.165) is 57.1 Å². The Morgan fingerprint density at radius 2 is 1.78 bits per heavy atom. The van der Waals surface area contributed by atoms with E-state index in [1.54, 1.807) is 29.2 Å². The maximum atomic E-state index is 13.8. The Kier molecular flexibility index (Phi) is 7.11. The van der Waals surface area contributed by atoms with Crippen molar-refractivity contribution >= 4 is 11.8 Å². The van der Waals surface area contributed by atoms with E-state index in [1.807, 2.05) is 6.92 Å². The third-order valence-corrected chi connectivity index (χ3v) is 7.11. The van der Waals surface area contributed by atoms with E-state index >= 15 is 0 Å². The smallest absolute Gasteiger partial charge is 0.247 e. The van der Waals surface area contributed by atoms with Crippen molar-refractivity contribution in [2.75, 3.05) is 0 Å². The molecule has 36 heavy (non-hydrogen) atoms. The van der Waals surface area contributed by atoms with Crippen LogP contribution in [-0.4, -0.2) is 49.0 Å². The molecule has 1 unspecified atom stereocenters. The van der Waals surface area contributed by atoms with Gasteiger partial charge in [-0.1, -0.05) is 37.8 Å². The van der Waals surface area contributed by atoms with Crippen LogP contribution >= 0.6 is 0 Å². The van der Waals surface area contributed by atoms with Crippen LogP contribution in [0.15, 0.2) is 40.8 Å². The highest BCUT2D eigenvalue weighted by molar-refractivity contribution is 5.89. The van der Waals surface area contributed by atoms with Gasteiger partial charge in [-0.05, 0) is 67.6 Å². The number of carbonyl (C=O) groups excluding carboxylic acids is 2. The number of rotatable bonds is 8.